The summed E-state index contributed by atoms with van der Waals surface area (Å²) in [5.41, 5.74) is 7.61. The molecule has 3 N–H and O–H groups in total. The number of amides is 1. The number of nitrogens with two attached hydrogens (primary N) is 1. The molecule has 20 heavy (non-hydrogen) atoms. The first-order valence-electron chi connectivity index (χ1n) is 6.09. The lowest BCUT2D eigenvalue weighted by molar-refractivity contribution is 0.0940. The molecule has 0 bridgehead atoms. The fourth-order valence-electron chi connectivity index (χ4n) is 1.87. The third kappa shape index (κ3) is 3.32. The van der Waals surface area contributed by atoms with Crippen LogP contribution in [0.25, 0.3) is 0 Å². The first kappa shape index (κ1) is 14.9. The molecule has 104 valence electrons. The molecular formula is C15H14BrClN2O. The van der Waals surface area contributed by atoms with Gasteiger partial charge >= 0.3 is 0 Å². The third-order valence-electron chi connectivity index (χ3n) is 2.98. The normalized spacial score (nSPS) is 11.9. The number of nitrogen functional groups attached to an aromatic ring is 1. The fourth-order valence-corrected chi connectivity index (χ4v) is 2.61. The van der Waals surface area contributed by atoms with Crippen molar-refractivity contribution in [1.29, 1.82) is 0 Å². The van der Waals surface area contributed by atoms with Gasteiger partial charge in [0.25, 0.3) is 5.91 Å². The smallest absolute Gasteiger partial charge is 0.251 e. The first-order valence-corrected chi connectivity index (χ1v) is 7.26. The van der Waals surface area contributed by atoms with E-state index in [0.29, 0.717) is 16.3 Å². The molecule has 1 atom stereocenters. The summed E-state index contributed by atoms with van der Waals surface area (Å²) in [6, 6.07) is 12.5. The highest BCUT2D eigenvalue weighted by Crippen LogP contribution is 2.24. The van der Waals surface area contributed by atoms with Crippen LogP contribution in [0.5, 0.6) is 0 Å². The molecule has 3 nitrogen and oxygen atoms in total. The number of rotatable bonds is 3. The van der Waals surface area contributed by atoms with E-state index in [2.05, 4.69) is 21.2 Å². The highest BCUT2D eigenvalue weighted by atomic mass is 79.9. The third-order valence-corrected chi connectivity index (χ3v) is 4.04. The summed E-state index contributed by atoms with van der Waals surface area (Å²) >= 11 is 9.32. The van der Waals surface area contributed by atoms with E-state index in [0.717, 1.165) is 10.0 Å². The predicted octanol–water partition coefficient (Wildman–Crippen LogP) is 4.18. The molecule has 0 aromatic heterocycles. The van der Waals surface area contributed by atoms with Crippen molar-refractivity contribution in [3.8, 4) is 0 Å². The summed E-state index contributed by atoms with van der Waals surface area (Å²) < 4.78 is 0.962. The van der Waals surface area contributed by atoms with Gasteiger partial charge in [-0.3, -0.25) is 4.79 Å². The summed E-state index contributed by atoms with van der Waals surface area (Å²) in [5.74, 6) is -0.184. The van der Waals surface area contributed by atoms with E-state index in [1.165, 1.54) is 0 Å². The van der Waals surface area contributed by atoms with Crippen LogP contribution in [0.4, 0.5) is 5.69 Å². The van der Waals surface area contributed by atoms with E-state index in [1.54, 1.807) is 18.2 Å². The van der Waals surface area contributed by atoms with Gasteiger partial charge in [-0.05, 0) is 36.8 Å². The summed E-state index contributed by atoms with van der Waals surface area (Å²) in [7, 11) is 0. The number of benzene rings is 2. The standard InChI is InChI=1S/C15H14BrClN2O/c1-9(11-4-2-3-5-12(11)16)19-15(20)10-6-7-13(17)14(18)8-10/h2-9H,18H2,1H3,(H,19,20)/t9-/m1/s1. The van der Waals surface area contributed by atoms with Crippen molar-refractivity contribution in [3.05, 3.63) is 63.1 Å². The van der Waals surface area contributed by atoms with Gasteiger partial charge in [0.05, 0.1) is 16.8 Å². The predicted molar refractivity (Wildman–Crippen MR) is 85.9 cm³/mol. The largest absolute Gasteiger partial charge is 0.398 e. The zero-order chi connectivity index (χ0) is 14.7. The Labute approximate surface area is 131 Å². The molecular weight excluding hydrogens is 340 g/mol. The van der Waals surface area contributed by atoms with E-state index >= 15 is 0 Å². The van der Waals surface area contributed by atoms with Crippen LogP contribution in [-0.2, 0) is 0 Å². The van der Waals surface area contributed by atoms with Gasteiger partial charge in [-0.15, -0.1) is 0 Å². The molecule has 0 radical (unpaired) electrons. The van der Waals surface area contributed by atoms with E-state index < -0.39 is 0 Å². The molecule has 2 aromatic rings. The van der Waals surface area contributed by atoms with Crippen LogP contribution in [0, 0.1) is 0 Å². The van der Waals surface area contributed by atoms with Crippen LogP contribution in [0.1, 0.15) is 28.9 Å². The highest BCUT2D eigenvalue weighted by Gasteiger charge is 2.14. The van der Waals surface area contributed by atoms with E-state index in [-0.39, 0.29) is 11.9 Å². The molecule has 0 heterocycles. The molecule has 0 aliphatic rings. The lowest BCUT2D eigenvalue weighted by atomic mass is 10.1. The lowest BCUT2D eigenvalue weighted by Gasteiger charge is -2.16. The molecule has 5 heteroatoms. The van der Waals surface area contributed by atoms with Gasteiger partial charge < -0.3 is 11.1 Å². The van der Waals surface area contributed by atoms with Gasteiger partial charge in [0.1, 0.15) is 0 Å². The number of halogens is 2. The molecule has 1 amide bonds. The zero-order valence-corrected chi connectivity index (χ0v) is 13.2. The van der Waals surface area contributed by atoms with Gasteiger partial charge in [0.2, 0.25) is 0 Å². The molecule has 0 unspecified atom stereocenters. The molecule has 0 aliphatic heterocycles. The Bertz CT molecular complexity index is 646. The number of anilines is 1. The maximum atomic E-state index is 12.2. The molecule has 2 aromatic carbocycles. The number of carbonyl (C=O) groups excluding carboxylic acids is 1. The zero-order valence-electron chi connectivity index (χ0n) is 10.9. The lowest BCUT2D eigenvalue weighted by Crippen LogP contribution is -2.26. The van der Waals surface area contributed by atoms with Crippen LogP contribution < -0.4 is 11.1 Å². The van der Waals surface area contributed by atoms with Crippen molar-refractivity contribution in [3.63, 3.8) is 0 Å². The first-order chi connectivity index (χ1) is 9.49. The van der Waals surface area contributed by atoms with Gasteiger partial charge in [-0.2, -0.15) is 0 Å². The van der Waals surface area contributed by atoms with Crippen molar-refractivity contribution in [2.75, 3.05) is 5.73 Å². The van der Waals surface area contributed by atoms with Gasteiger partial charge in [-0.1, -0.05) is 45.7 Å². The van der Waals surface area contributed by atoms with Gasteiger partial charge in [0.15, 0.2) is 0 Å². The maximum absolute atomic E-state index is 12.2. The molecule has 0 spiro atoms. The van der Waals surface area contributed by atoms with Crippen LogP contribution >= 0.6 is 27.5 Å². The Morgan fingerprint density at radius 2 is 2.00 bits per heavy atom. The van der Waals surface area contributed by atoms with E-state index in [1.807, 2.05) is 31.2 Å². The van der Waals surface area contributed by atoms with E-state index in [9.17, 15) is 4.79 Å². The molecule has 0 saturated carbocycles. The average molecular weight is 354 g/mol. The minimum absolute atomic E-state index is 0.116. The van der Waals surface area contributed by atoms with Crippen molar-refractivity contribution >= 4 is 39.1 Å². The number of nitrogens with one attached hydrogen (secondary N) is 1. The average Bonchev–Trinajstić information content (AvgIpc) is 2.42. The second-order valence-corrected chi connectivity index (χ2v) is 5.71. The van der Waals surface area contributed by atoms with Crippen LogP contribution in [0.15, 0.2) is 46.9 Å². The van der Waals surface area contributed by atoms with E-state index in [4.69, 9.17) is 17.3 Å². The Balaban J connectivity index is 2.15. The Kier molecular flexibility index (Phi) is 4.68. The molecule has 0 aliphatic carbocycles. The van der Waals surface area contributed by atoms with Gasteiger partial charge in [-0.25, -0.2) is 0 Å². The monoisotopic (exact) mass is 352 g/mol. The Morgan fingerprint density at radius 1 is 1.30 bits per heavy atom. The van der Waals surface area contributed by atoms with Crippen molar-refractivity contribution in [1.82, 2.24) is 5.32 Å². The van der Waals surface area contributed by atoms with Crippen LogP contribution in [0.3, 0.4) is 0 Å². The Morgan fingerprint density at radius 3 is 2.65 bits per heavy atom. The number of carbonyl (C=O) groups is 1. The quantitative estimate of drug-likeness (QED) is 0.813. The summed E-state index contributed by atoms with van der Waals surface area (Å²) in [5, 5.41) is 3.38. The van der Waals surface area contributed by atoms with Crippen molar-refractivity contribution < 1.29 is 4.79 Å². The van der Waals surface area contributed by atoms with Gasteiger partial charge in [0, 0.05) is 10.0 Å². The fraction of sp³-hybridized carbons (Fsp3) is 0.133. The number of hydrogen-bond acceptors (Lipinski definition) is 2. The van der Waals surface area contributed by atoms with Crippen LogP contribution in [0.2, 0.25) is 5.02 Å². The minimum atomic E-state index is -0.184. The summed E-state index contributed by atoms with van der Waals surface area (Å²) in [6.45, 7) is 1.93. The topological polar surface area (TPSA) is 55.1 Å². The summed E-state index contributed by atoms with van der Waals surface area (Å²) in [6.07, 6.45) is 0. The molecule has 2 rings (SSSR count). The SMILES string of the molecule is C[C@@H](NC(=O)c1ccc(Cl)c(N)c1)c1ccccc1Br. The maximum Gasteiger partial charge on any atom is 0.251 e. The molecule has 0 saturated heterocycles. The van der Waals surface area contributed by atoms with Crippen molar-refractivity contribution in [2.24, 2.45) is 0 Å². The highest BCUT2D eigenvalue weighted by molar-refractivity contribution is 9.10. The summed E-state index contributed by atoms with van der Waals surface area (Å²) in [4.78, 5) is 12.2. The van der Waals surface area contributed by atoms with Crippen LogP contribution in [-0.4, -0.2) is 5.91 Å². The second kappa shape index (κ2) is 6.29. The number of hydrogen-bond donors (Lipinski definition) is 2. The Hall–Kier alpha value is -1.52. The molecule has 0 fully saturated rings. The minimum Gasteiger partial charge on any atom is -0.398 e. The second-order valence-electron chi connectivity index (χ2n) is 4.45. The van der Waals surface area contributed by atoms with Crippen molar-refractivity contribution in [2.45, 2.75) is 13.0 Å².